The van der Waals surface area contributed by atoms with Gasteiger partial charge < -0.3 is 5.32 Å². The van der Waals surface area contributed by atoms with Gasteiger partial charge in [0.05, 0.1) is 5.56 Å². The zero-order chi connectivity index (χ0) is 18.5. The van der Waals surface area contributed by atoms with Gasteiger partial charge >= 0.3 is 5.69 Å². The summed E-state index contributed by atoms with van der Waals surface area (Å²) in [5.74, 6) is 0.136. The Labute approximate surface area is 162 Å². The summed E-state index contributed by atoms with van der Waals surface area (Å²) in [7, 11) is 0. The Hall–Kier alpha value is -3.12. The van der Waals surface area contributed by atoms with Crippen LogP contribution in [-0.2, 0) is 0 Å². The van der Waals surface area contributed by atoms with Crippen LogP contribution in [0.25, 0.3) is 10.8 Å². The Kier molecular flexibility index (Phi) is 3.55. The molecule has 3 N–H and O–H groups in total. The zero-order valence-electron chi connectivity index (χ0n) is 14.0. The molecule has 0 bridgehead atoms. The molecule has 1 aliphatic rings. The van der Waals surface area contributed by atoms with Crippen LogP contribution in [-0.4, -0.2) is 9.97 Å². The number of rotatable bonds is 1. The van der Waals surface area contributed by atoms with Gasteiger partial charge in [-0.1, -0.05) is 58.4 Å². The van der Waals surface area contributed by atoms with Crippen LogP contribution in [0.2, 0.25) is 0 Å². The van der Waals surface area contributed by atoms with E-state index in [0.717, 1.165) is 32.1 Å². The van der Waals surface area contributed by atoms with Crippen molar-refractivity contribution in [3.8, 4) is 0 Å². The number of hydrogen-bond donors (Lipinski definition) is 3. The van der Waals surface area contributed by atoms with Crippen molar-refractivity contribution in [2.45, 2.75) is 5.92 Å². The molecule has 0 unspecified atom stereocenters. The highest BCUT2D eigenvalue weighted by molar-refractivity contribution is 9.10. The van der Waals surface area contributed by atoms with E-state index in [0.29, 0.717) is 11.4 Å². The van der Waals surface area contributed by atoms with E-state index in [1.165, 1.54) is 0 Å². The molecular formula is C21H14BrN3O2. The molecule has 5 rings (SSSR count). The maximum absolute atomic E-state index is 12.8. The zero-order valence-corrected chi connectivity index (χ0v) is 15.6. The molecule has 0 amide bonds. The van der Waals surface area contributed by atoms with E-state index in [1.807, 2.05) is 48.5 Å². The lowest BCUT2D eigenvalue weighted by molar-refractivity contribution is 0.893. The topological polar surface area (TPSA) is 77.8 Å². The van der Waals surface area contributed by atoms with Gasteiger partial charge in [-0.2, -0.15) is 0 Å². The number of aromatic nitrogens is 2. The van der Waals surface area contributed by atoms with Crippen LogP contribution in [0.3, 0.4) is 0 Å². The molecule has 132 valence electrons. The van der Waals surface area contributed by atoms with Crippen molar-refractivity contribution < 1.29 is 0 Å². The molecule has 5 nitrogen and oxygen atoms in total. The standard InChI is InChI=1S/C21H14BrN3O2/c22-13-6-3-5-12(10-13)16-17-14-7-2-1-4-11(14)8-9-15(17)23-19-18(16)20(26)25-21(27)24-19/h1-10,16H,(H3,23,24,25,26,27)/t16-/m1/s1. The number of hydrogen-bond acceptors (Lipinski definition) is 3. The normalized spacial score (nSPS) is 15.1. The fourth-order valence-electron chi connectivity index (χ4n) is 3.88. The van der Waals surface area contributed by atoms with Gasteiger partial charge in [0.2, 0.25) is 0 Å². The van der Waals surface area contributed by atoms with E-state index in [2.05, 4.69) is 43.3 Å². The van der Waals surface area contributed by atoms with Gasteiger partial charge in [0.15, 0.2) is 0 Å². The highest BCUT2D eigenvalue weighted by Gasteiger charge is 2.32. The van der Waals surface area contributed by atoms with Crippen molar-refractivity contribution >= 4 is 38.2 Å². The average Bonchev–Trinajstić information content (AvgIpc) is 2.66. The van der Waals surface area contributed by atoms with Crippen LogP contribution in [0.1, 0.15) is 22.6 Å². The highest BCUT2D eigenvalue weighted by atomic mass is 79.9. The second kappa shape index (κ2) is 5.96. The molecule has 0 fully saturated rings. The number of aromatic amines is 2. The lowest BCUT2D eigenvalue weighted by atomic mass is 9.80. The minimum atomic E-state index is -0.525. The van der Waals surface area contributed by atoms with Crippen LogP contribution >= 0.6 is 15.9 Å². The van der Waals surface area contributed by atoms with Crippen LogP contribution in [0.4, 0.5) is 11.5 Å². The minimum absolute atomic E-state index is 0.305. The van der Waals surface area contributed by atoms with Gasteiger partial charge in [-0.05, 0) is 40.1 Å². The summed E-state index contributed by atoms with van der Waals surface area (Å²) in [6, 6.07) is 20.0. The van der Waals surface area contributed by atoms with E-state index in [1.54, 1.807) is 0 Å². The number of anilines is 2. The third-order valence-corrected chi connectivity index (χ3v) is 5.46. The fourth-order valence-corrected chi connectivity index (χ4v) is 4.30. The SMILES string of the molecule is O=c1[nH]c2c(c(=O)[nH]1)[C@H](c1cccc(Br)c1)c1c(ccc3ccccc13)N2. The first kappa shape index (κ1) is 16.1. The molecule has 27 heavy (non-hydrogen) atoms. The van der Waals surface area contributed by atoms with E-state index >= 15 is 0 Å². The van der Waals surface area contributed by atoms with E-state index < -0.39 is 5.69 Å². The Morgan fingerprint density at radius 3 is 2.56 bits per heavy atom. The molecule has 0 spiro atoms. The van der Waals surface area contributed by atoms with Gasteiger partial charge in [0.1, 0.15) is 5.82 Å². The number of benzene rings is 3. The molecular weight excluding hydrogens is 406 g/mol. The number of halogens is 1. The second-order valence-corrected chi connectivity index (χ2v) is 7.47. The maximum atomic E-state index is 12.8. The van der Waals surface area contributed by atoms with Crippen molar-refractivity contribution in [2.75, 3.05) is 5.32 Å². The molecule has 2 heterocycles. The summed E-state index contributed by atoms with van der Waals surface area (Å²) in [5, 5.41) is 5.41. The molecule has 1 aliphatic heterocycles. The van der Waals surface area contributed by atoms with Crippen molar-refractivity contribution in [3.05, 3.63) is 103 Å². The molecule has 1 aromatic heterocycles. The number of H-pyrrole nitrogens is 2. The van der Waals surface area contributed by atoms with Crippen LogP contribution in [0.5, 0.6) is 0 Å². The molecule has 0 saturated carbocycles. The minimum Gasteiger partial charge on any atom is -0.341 e. The summed E-state index contributed by atoms with van der Waals surface area (Å²) in [6.07, 6.45) is 0. The van der Waals surface area contributed by atoms with Gasteiger partial charge in [-0.25, -0.2) is 4.79 Å². The lowest BCUT2D eigenvalue weighted by Crippen LogP contribution is -2.31. The van der Waals surface area contributed by atoms with Crippen LogP contribution in [0, 0.1) is 0 Å². The maximum Gasteiger partial charge on any atom is 0.327 e. The van der Waals surface area contributed by atoms with Crippen molar-refractivity contribution in [1.29, 1.82) is 0 Å². The predicted octanol–water partition coefficient (Wildman–Crippen LogP) is 4.22. The lowest BCUT2D eigenvalue weighted by Gasteiger charge is -2.29. The Morgan fingerprint density at radius 1 is 0.852 bits per heavy atom. The summed E-state index contributed by atoms with van der Waals surface area (Å²) in [6.45, 7) is 0. The summed E-state index contributed by atoms with van der Waals surface area (Å²) < 4.78 is 0.933. The predicted molar refractivity (Wildman–Crippen MR) is 110 cm³/mol. The molecule has 0 radical (unpaired) electrons. The quantitative estimate of drug-likeness (QED) is 0.380. The van der Waals surface area contributed by atoms with Gasteiger partial charge in [-0.3, -0.25) is 14.8 Å². The number of nitrogens with one attached hydrogen (secondary N) is 3. The molecule has 0 saturated heterocycles. The van der Waals surface area contributed by atoms with Crippen LogP contribution in [0.15, 0.2) is 74.7 Å². The summed E-state index contributed by atoms with van der Waals surface area (Å²) in [5.41, 5.74) is 2.48. The first-order valence-electron chi connectivity index (χ1n) is 8.52. The van der Waals surface area contributed by atoms with E-state index in [4.69, 9.17) is 0 Å². The molecule has 6 heteroatoms. The van der Waals surface area contributed by atoms with Crippen LogP contribution < -0.4 is 16.6 Å². The molecule has 1 atom stereocenters. The molecule has 4 aromatic rings. The van der Waals surface area contributed by atoms with Gasteiger partial charge in [-0.15, -0.1) is 0 Å². The monoisotopic (exact) mass is 419 g/mol. The van der Waals surface area contributed by atoms with Gasteiger partial charge in [0, 0.05) is 16.1 Å². The first-order chi connectivity index (χ1) is 13.1. The number of fused-ring (bicyclic) bond motifs is 4. The average molecular weight is 420 g/mol. The Morgan fingerprint density at radius 2 is 1.70 bits per heavy atom. The first-order valence-corrected chi connectivity index (χ1v) is 9.32. The van der Waals surface area contributed by atoms with E-state index in [9.17, 15) is 9.59 Å². The van der Waals surface area contributed by atoms with Crippen molar-refractivity contribution in [2.24, 2.45) is 0 Å². The molecule has 0 aliphatic carbocycles. The Bertz CT molecular complexity index is 1320. The fraction of sp³-hybridized carbons (Fsp3) is 0.0476. The summed E-state index contributed by atoms with van der Waals surface area (Å²) in [4.78, 5) is 29.7. The molecule has 3 aromatic carbocycles. The van der Waals surface area contributed by atoms with E-state index in [-0.39, 0.29) is 11.5 Å². The second-order valence-electron chi connectivity index (χ2n) is 6.56. The largest absolute Gasteiger partial charge is 0.341 e. The third-order valence-electron chi connectivity index (χ3n) is 4.97. The third kappa shape index (κ3) is 2.52. The summed E-state index contributed by atoms with van der Waals surface area (Å²) >= 11 is 3.53. The van der Waals surface area contributed by atoms with Crippen molar-refractivity contribution in [1.82, 2.24) is 9.97 Å². The highest BCUT2D eigenvalue weighted by Crippen LogP contribution is 2.45. The van der Waals surface area contributed by atoms with Crippen molar-refractivity contribution in [3.63, 3.8) is 0 Å². The smallest absolute Gasteiger partial charge is 0.327 e. The van der Waals surface area contributed by atoms with Gasteiger partial charge in [0.25, 0.3) is 5.56 Å². The Balaban J connectivity index is 1.92.